The number of hydrogen-bond acceptors (Lipinski definition) is 6. The van der Waals surface area contributed by atoms with Crippen LogP contribution in [0.4, 0.5) is 11.4 Å². The van der Waals surface area contributed by atoms with Gasteiger partial charge >= 0.3 is 0 Å². The summed E-state index contributed by atoms with van der Waals surface area (Å²) in [5, 5.41) is 6.95. The largest absolute Gasteiger partial charge is 0.369 e. The number of anilines is 2. The molecule has 0 aliphatic carbocycles. The summed E-state index contributed by atoms with van der Waals surface area (Å²) in [5.74, 6) is -0.140. The van der Waals surface area contributed by atoms with Gasteiger partial charge in [-0.15, -0.1) is 5.10 Å². The second kappa shape index (κ2) is 9.15. The van der Waals surface area contributed by atoms with Gasteiger partial charge in [0.25, 0.3) is 5.91 Å². The van der Waals surface area contributed by atoms with Crippen LogP contribution in [0.25, 0.3) is 0 Å². The summed E-state index contributed by atoms with van der Waals surface area (Å²) in [7, 11) is 0. The van der Waals surface area contributed by atoms with Gasteiger partial charge in [-0.3, -0.25) is 9.69 Å². The first-order valence-electron chi connectivity index (χ1n) is 9.97. The monoisotopic (exact) mass is 407 g/mol. The molecule has 1 fully saturated rings. The Morgan fingerprint density at radius 1 is 1.03 bits per heavy atom. The van der Waals surface area contributed by atoms with Crippen LogP contribution in [-0.2, 0) is 13.0 Å². The number of amides is 1. The molecule has 1 N–H and O–H groups in total. The normalized spacial score (nSPS) is 14.7. The Kier molecular flexibility index (Phi) is 6.17. The first kappa shape index (κ1) is 19.5. The number of nitrogens with one attached hydrogen (secondary N) is 1. The third-order valence-electron chi connectivity index (χ3n) is 5.21. The van der Waals surface area contributed by atoms with E-state index in [0.29, 0.717) is 11.3 Å². The van der Waals surface area contributed by atoms with Gasteiger partial charge < -0.3 is 10.2 Å². The second-order valence-corrected chi connectivity index (χ2v) is 7.91. The van der Waals surface area contributed by atoms with Crippen LogP contribution in [0.1, 0.15) is 27.9 Å². The quantitative estimate of drug-likeness (QED) is 0.675. The van der Waals surface area contributed by atoms with Gasteiger partial charge in [-0.25, -0.2) is 0 Å². The van der Waals surface area contributed by atoms with E-state index in [1.165, 1.54) is 11.3 Å². The molecule has 1 amide bonds. The predicted molar refractivity (Wildman–Crippen MR) is 118 cm³/mol. The van der Waals surface area contributed by atoms with Crippen molar-refractivity contribution in [3.05, 3.63) is 70.7 Å². The van der Waals surface area contributed by atoms with E-state index in [1.54, 1.807) is 0 Å². The molecule has 6 nitrogen and oxygen atoms in total. The Hall–Kier alpha value is -2.77. The molecule has 1 aromatic heterocycles. The number of aromatic nitrogens is 2. The topological polar surface area (TPSA) is 61.4 Å². The Balaban J connectivity index is 1.31. The Morgan fingerprint density at radius 3 is 2.45 bits per heavy atom. The van der Waals surface area contributed by atoms with Gasteiger partial charge in [-0.2, -0.15) is 0 Å². The molecule has 1 aliphatic heterocycles. The minimum atomic E-state index is -0.140. The average Bonchev–Trinajstić information content (AvgIpc) is 3.25. The van der Waals surface area contributed by atoms with Gasteiger partial charge in [0.2, 0.25) is 0 Å². The lowest BCUT2D eigenvalue weighted by Gasteiger charge is -2.36. The molecule has 0 radical (unpaired) electrons. The molecule has 2 aromatic carbocycles. The maximum atomic E-state index is 12.4. The Morgan fingerprint density at radius 2 is 1.76 bits per heavy atom. The van der Waals surface area contributed by atoms with E-state index in [1.807, 2.05) is 19.1 Å². The van der Waals surface area contributed by atoms with Crippen LogP contribution >= 0.6 is 11.5 Å². The number of aryl methyl sites for hydroxylation is 1. The highest BCUT2D eigenvalue weighted by molar-refractivity contribution is 7.08. The summed E-state index contributed by atoms with van der Waals surface area (Å²) in [6.07, 6.45) is 0.703. The van der Waals surface area contributed by atoms with Crippen molar-refractivity contribution in [2.45, 2.75) is 19.9 Å². The zero-order valence-corrected chi connectivity index (χ0v) is 17.4. The maximum absolute atomic E-state index is 12.4. The molecule has 0 bridgehead atoms. The number of nitrogens with zero attached hydrogens (tertiary/aromatic N) is 4. The van der Waals surface area contributed by atoms with Crippen molar-refractivity contribution < 1.29 is 4.79 Å². The first-order valence-corrected chi connectivity index (χ1v) is 10.7. The smallest absolute Gasteiger partial charge is 0.269 e. The van der Waals surface area contributed by atoms with Gasteiger partial charge in [0.15, 0.2) is 0 Å². The lowest BCUT2D eigenvalue weighted by atomic mass is 10.2. The Bertz CT molecular complexity index is 933. The van der Waals surface area contributed by atoms with Gasteiger partial charge in [0, 0.05) is 44.1 Å². The van der Waals surface area contributed by atoms with Crippen molar-refractivity contribution >= 4 is 28.8 Å². The van der Waals surface area contributed by atoms with E-state index in [4.69, 9.17) is 0 Å². The van der Waals surface area contributed by atoms with E-state index >= 15 is 0 Å². The summed E-state index contributed by atoms with van der Waals surface area (Å²) in [5.41, 5.74) is 4.09. The first-order chi connectivity index (χ1) is 14.2. The van der Waals surface area contributed by atoms with E-state index in [2.05, 4.69) is 67.2 Å². The number of rotatable bonds is 6. The van der Waals surface area contributed by atoms with E-state index in [9.17, 15) is 4.79 Å². The lowest BCUT2D eigenvalue weighted by Crippen LogP contribution is -2.45. The van der Waals surface area contributed by atoms with Crippen molar-refractivity contribution in [3.8, 4) is 0 Å². The summed E-state index contributed by atoms with van der Waals surface area (Å²) >= 11 is 1.14. The van der Waals surface area contributed by atoms with Crippen molar-refractivity contribution in [2.75, 3.05) is 36.4 Å². The predicted octanol–water partition coefficient (Wildman–Crippen LogP) is 3.68. The van der Waals surface area contributed by atoms with Crippen molar-refractivity contribution in [1.29, 1.82) is 0 Å². The third-order valence-corrected chi connectivity index (χ3v) is 5.98. The van der Waals surface area contributed by atoms with Crippen molar-refractivity contribution in [2.24, 2.45) is 0 Å². The van der Waals surface area contributed by atoms with Crippen LogP contribution in [0, 0.1) is 0 Å². The highest BCUT2D eigenvalue weighted by atomic mass is 32.1. The van der Waals surface area contributed by atoms with Gasteiger partial charge in [-0.05, 0) is 47.8 Å². The van der Waals surface area contributed by atoms with Crippen LogP contribution < -0.4 is 10.2 Å². The minimum absolute atomic E-state index is 0.140. The third kappa shape index (κ3) is 4.81. The molecule has 0 unspecified atom stereocenters. The number of hydrogen-bond donors (Lipinski definition) is 1. The van der Waals surface area contributed by atoms with Gasteiger partial charge in [0.1, 0.15) is 4.88 Å². The van der Waals surface area contributed by atoms with E-state index in [0.717, 1.165) is 55.6 Å². The number of carbonyl (C=O) groups excluding carboxylic acids is 1. The summed E-state index contributed by atoms with van der Waals surface area (Å²) in [6, 6.07) is 18.7. The molecular formula is C22H25N5OS. The second-order valence-electron chi connectivity index (χ2n) is 7.15. The van der Waals surface area contributed by atoms with E-state index in [-0.39, 0.29) is 5.91 Å². The highest BCUT2D eigenvalue weighted by Gasteiger charge is 2.18. The molecule has 1 aliphatic rings. The van der Waals surface area contributed by atoms with Crippen LogP contribution in [0.2, 0.25) is 0 Å². The zero-order chi connectivity index (χ0) is 20.1. The summed E-state index contributed by atoms with van der Waals surface area (Å²) in [6.45, 7) is 7.08. The molecular weight excluding hydrogens is 382 g/mol. The fourth-order valence-corrected chi connectivity index (χ4v) is 4.21. The molecule has 4 rings (SSSR count). The maximum Gasteiger partial charge on any atom is 0.269 e. The van der Waals surface area contributed by atoms with Crippen LogP contribution in [0.5, 0.6) is 0 Å². The molecule has 150 valence electrons. The molecule has 0 saturated carbocycles. The van der Waals surface area contributed by atoms with Gasteiger partial charge in [0.05, 0.1) is 5.69 Å². The lowest BCUT2D eigenvalue weighted by molar-refractivity contribution is 0.102. The standard InChI is InChI=1S/C22H25N5OS/c1-2-20-21(29-25-24-20)22(28)23-18-8-10-19(11-9-18)27-14-12-26(13-15-27)16-17-6-4-3-5-7-17/h3-11H,2,12-16H2,1H3,(H,23,28). The van der Waals surface area contributed by atoms with Crippen LogP contribution in [0.3, 0.4) is 0 Å². The number of piperazine rings is 1. The molecule has 0 atom stereocenters. The van der Waals surface area contributed by atoms with Crippen molar-refractivity contribution in [1.82, 2.24) is 14.5 Å². The molecule has 2 heterocycles. The molecule has 3 aromatic rings. The minimum Gasteiger partial charge on any atom is -0.369 e. The fraction of sp³-hybridized carbons (Fsp3) is 0.318. The molecule has 7 heteroatoms. The Labute approximate surface area is 175 Å². The van der Waals surface area contributed by atoms with Gasteiger partial charge in [-0.1, -0.05) is 41.7 Å². The average molecular weight is 408 g/mol. The van der Waals surface area contributed by atoms with Crippen LogP contribution in [0.15, 0.2) is 54.6 Å². The fourth-order valence-electron chi connectivity index (χ4n) is 3.56. The highest BCUT2D eigenvalue weighted by Crippen LogP contribution is 2.21. The summed E-state index contributed by atoms with van der Waals surface area (Å²) < 4.78 is 3.88. The zero-order valence-electron chi connectivity index (χ0n) is 16.5. The SMILES string of the molecule is CCc1nnsc1C(=O)Nc1ccc(N2CCN(Cc3ccccc3)CC2)cc1. The summed E-state index contributed by atoms with van der Waals surface area (Å²) in [4.78, 5) is 17.9. The number of carbonyl (C=O) groups is 1. The molecule has 1 saturated heterocycles. The molecule has 29 heavy (non-hydrogen) atoms. The van der Waals surface area contributed by atoms with E-state index < -0.39 is 0 Å². The van der Waals surface area contributed by atoms with Crippen molar-refractivity contribution in [3.63, 3.8) is 0 Å². The van der Waals surface area contributed by atoms with Crippen LogP contribution in [-0.4, -0.2) is 46.6 Å². The molecule has 0 spiro atoms. The number of benzene rings is 2.